The van der Waals surface area contributed by atoms with Crippen molar-refractivity contribution in [1.82, 2.24) is 0 Å². The van der Waals surface area contributed by atoms with E-state index in [-0.39, 0.29) is 0 Å². The lowest BCUT2D eigenvalue weighted by molar-refractivity contribution is 1.27. The summed E-state index contributed by atoms with van der Waals surface area (Å²) in [5.74, 6) is 0. The first-order valence-electron chi connectivity index (χ1n) is 5.91. The van der Waals surface area contributed by atoms with Crippen LogP contribution in [-0.2, 0) is 6.42 Å². The molecule has 0 radical (unpaired) electrons. The maximum atomic E-state index is 4.42. The Bertz CT molecular complexity index is 494. The Morgan fingerprint density at radius 1 is 1.22 bits per heavy atom. The quantitative estimate of drug-likeness (QED) is 0.393. The molecule has 1 aromatic rings. The molecule has 0 aromatic heterocycles. The third kappa shape index (κ3) is 4.02. The van der Waals surface area contributed by atoms with Crippen molar-refractivity contribution in [2.75, 3.05) is 0 Å². The highest BCUT2D eigenvalue weighted by Crippen LogP contribution is 2.08. The van der Waals surface area contributed by atoms with Crippen LogP contribution in [0.2, 0.25) is 0 Å². The van der Waals surface area contributed by atoms with Gasteiger partial charge in [-0.3, -0.25) is 4.99 Å². The largest absolute Gasteiger partial charge is 0.260 e. The molecule has 0 N–H and O–H groups in total. The number of hydrogen-bond acceptors (Lipinski definition) is 1. The van der Waals surface area contributed by atoms with Gasteiger partial charge in [-0.1, -0.05) is 49.6 Å². The molecule has 0 bridgehead atoms. The maximum Gasteiger partial charge on any atom is 0.0445 e. The van der Waals surface area contributed by atoms with Crippen molar-refractivity contribution in [1.29, 1.82) is 0 Å². The molecular weight excluding hydrogens is 218 g/mol. The van der Waals surface area contributed by atoms with Crippen LogP contribution in [0, 0.1) is 0 Å². The second-order valence-electron chi connectivity index (χ2n) is 3.95. The zero-order valence-corrected chi connectivity index (χ0v) is 10.9. The summed E-state index contributed by atoms with van der Waals surface area (Å²) in [5, 5.41) is 0. The van der Waals surface area contributed by atoms with Crippen molar-refractivity contribution >= 4 is 5.71 Å². The van der Waals surface area contributed by atoms with Gasteiger partial charge in [-0.25, -0.2) is 0 Å². The van der Waals surface area contributed by atoms with E-state index in [1.165, 1.54) is 5.56 Å². The van der Waals surface area contributed by atoms with Crippen molar-refractivity contribution in [3.63, 3.8) is 0 Å². The molecule has 0 saturated carbocycles. The van der Waals surface area contributed by atoms with Crippen LogP contribution in [-0.4, -0.2) is 5.71 Å². The van der Waals surface area contributed by atoms with E-state index >= 15 is 0 Å². The Kier molecular flexibility index (Phi) is 5.59. The first-order valence-corrected chi connectivity index (χ1v) is 5.91. The fourth-order valence-electron chi connectivity index (χ4n) is 1.52. The zero-order valence-electron chi connectivity index (χ0n) is 10.9. The summed E-state index contributed by atoms with van der Waals surface area (Å²) in [6, 6.07) is 8.32. The average Bonchev–Trinajstić information content (AvgIpc) is 2.40. The summed E-state index contributed by atoms with van der Waals surface area (Å²) >= 11 is 0. The second kappa shape index (κ2) is 7.23. The van der Waals surface area contributed by atoms with Gasteiger partial charge >= 0.3 is 0 Å². The fraction of sp³-hybridized carbons (Fsp3) is 0.118. The number of benzene rings is 1. The van der Waals surface area contributed by atoms with Crippen molar-refractivity contribution in [3.8, 4) is 0 Å². The minimum atomic E-state index is 0.877. The Hall–Kier alpha value is -2.15. The Labute approximate surface area is 110 Å². The SMILES string of the molecule is C=CCc1cccc(/C(C)=N/C=C(C=C)C=C)c1. The van der Waals surface area contributed by atoms with Crippen molar-refractivity contribution in [2.45, 2.75) is 13.3 Å². The van der Waals surface area contributed by atoms with E-state index in [2.05, 4.69) is 42.9 Å². The van der Waals surface area contributed by atoms with Gasteiger partial charge in [-0.2, -0.15) is 0 Å². The van der Waals surface area contributed by atoms with E-state index in [1.54, 1.807) is 18.4 Å². The number of allylic oxidation sites excluding steroid dienone is 4. The summed E-state index contributed by atoms with van der Waals surface area (Å²) in [5.41, 5.74) is 4.26. The highest BCUT2D eigenvalue weighted by atomic mass is 14.7. The molecule has 18 heavy (non-hydrogen) atoms. The van der Waals surface area contributed by atoms with Gasteiger partial charge in [0.2, 0.25) is 0 Å². The molecule has 0 atom stereocenters. The summed E-state index contributed by atoms with van der Waals surface area (Å²) < 4.78 is 0. The molecule has 1 rings (SSSR count). The molecule has 0 spiro atoms. The van der Waals surface area contributed by atoms with Crippen LogP contribution >= 0.6 is 0 Å². The number of rotatable bonds is 6. The summed E-state index contributed by atoms with van der Waals surface area (Å²) in [6.07, 6.45) is 8.02. The van der Waals surface area contributed by atoms with Crippen LogP contribution in [0.4, 0.5) is 0 Å². The van der Waals surface area contributed by atoms with E-state index in [1.807, 2.05) is 19.1 Å². The summed E-state index contributed by atoms with van der Waals surface area (Å²) in [4.78, 5) is 4.42. The van der Waals surface area contributed by atoms with E-state index in [0.29, 0.717) is 0 Å². The van der Waals surface area contributed by atoms with E-state index in [4.69, 9.17) is 0 Å². The van der Waals surface area contributed by atoms with Crippen molar-refractivity contribution in [2.24, 2.45) is 4.99 Å². The minimum Gasteiger partial charge on any atom is -0.260 e. The van der Waals surface area contributed by atoms with Crippen LogP contribution in [0.3, 0.4) is 0 Å². The van der Waals surface area contributed by atoms with Crippen LogP contribution in [0.25, 0.3) is 0 Å². The lowest BCUT2D eigenvalue weighted by atomic mass is 10.1. The molecule has 1 aromatic carbocycles. The lowest BCUT2D eigenvalue weighted by Crippen LogP contribution is -1.95. The first kappa shape index (κ1) is 13.9. The number of nitrogens with zero attached hydrogens (tertiary/aromatic N) is 1. The number of aliphatic imine (C=N–C) groups is 1. The van der Waals surface area contributed by atoms with Gasteiger partial charge in [0.15, 0.2) is 0 Å². The molecule has 92 valence electrons. The van der Waals surface area contributed by atoms with Gasteiger partial charge in [0, 0.05) is 11.9 Å². The minimum absolute atomic E-state index is 0.877. The summed E-state index contributed by atoms with van der Waals surface area (Å²) in [7, 11) is 0. The topological polar surface area (TPSA) is 12.4 Å². The van der Waals surface area contributed by atoms with Crippen LogP contribution in [0.1, 0.15) is 18.1 Å². The molecule has 0 aliphatic carbocycles. The monoisotopic (exact) mass is 237 g/mol. The zero-order chi connectivity index (χ0) is 13.4. The molecule has 0 unspecified atom stereocenters. The molecule has 1 nitrogen and oxygen atoms in total. The van der Waals surface area contributed by atoms with Gasteiger partial charge in [0.1, 0.15) is 0 Å². The molecule has 0 aliphatic rings. The molecular formula is C17H19N. The van der Waals surface area contributed by atoms with Crippen molar-refractivity contribution in [3.05, 3.63) is 85.1 Å². The predicted octanol–water partition coefficient (Wildman–Crippen LogP) is 4.48. The Balaban J connectivity index is 2.99. The maximum absolute atomic E-state index is 4.42. The summed E-state index contributed by atoms with van der Waals surface area (Å²) in [6.45, 7) is 13.1. The molecule has 1 heteroatoms. The van der Waals surface area contributed by atoms with E-state index in [9.17, 15) is 0 Å². The molecule has 0 fully saturated rings. The van der Waals surface area contributed by atoms with E-state index in [0.717, 1.165) is 23.3 Å². The van der Waals surface area contributed by atoms with Crippen LogP contribution in [0.5, 0.6) is 0 Å². The smallest absolute Gasteiger partial charge is 0.0445 e. The van der Waals surface area contributed by atoms with Gasteiger partial charge in [0.25, 0.3) is 0 Å². The van der Waals surface area contributed by atoms with Gasteiger partial charge < -0.3 is 0 Å². The molecule has 0 amide bonds. The van der Waals surface area contributed by atoms with Crippen LogP contribution < -0.4 is 0 Å². The highest BCUT2D eigenvalue weighted by Gasteiger charge is 1.97. The Morgan fingerprint density at radius 2 is 1.94 bits per heavy atom. The van der Waals surface area contributed by atoms with Crippen molar-refractivity contribution < 1.29 is 0 Å². The standard InChI is InChI=1S/C17H19N/c1-5-9-16-10-8-11-17(12-16)14(4)18-13-15(6-2)7-3/h5-8,10-13H,1-3,9H2,4H3/b18-14+. The lowest BCUT2D eigenvalue weighted by Gasteiger charge is -2.02. The Morgan fingerprint density at radius 3 is 2.56 bits per heavy atom. The van der Waals surface area contributed by atoms with Gasteiger partial charge in [-0.05, 0) is 36.1 Å². The van der Waals surface area contributed by atoms with Gasteiger partial charge in [-0.15, -0.1) is 6.58 Å². The predicted molar refractivity (Wildman–Crippen MR) is 81.0 cm³/mol. The average molecular weight is 237 g/mol. The molecule has 0 saturated heterocycles. The third-order valence-corrected chi connectivity index (χ3v) is 2.60. The van der Waals surface area contributed by atoms with Gasteiger partial charge in [0.05, 0.1) is 0 Å². The molecule has 0 heterocycles. The second-order valence-corrected chi connectivity index (χ2v) is 3.95. The highest BCUT2D eigenvalue weighted by molar-refractivity contribution is 5.99. The normalized spacial score (nSPS) is 10.6. The third-order valence-electron chi connectivity index (χ3n) is 2.60. The fourth-order valence-corrected chi connectivity index (χ4v) is 1.52. The first-order chi connectivity index (χ1) is 8.71. The molecule has 0 aliphatic heterocycles. The van der Waals surface area contributed by atoms with E-state index < -0.39 is 0 Å². The number of hydrogen-bond donors (Lipinski definition) is 0. The van der Waals surface area contributed by atoms with Crippen LogP contribution in [0.15, 0.2) is 79.0 Å².